The molecule has 1 aromatic carbocycles. The summed E-state index contributed by atoms with van der Waals surface area (Å²) in [6.07, 6.45) is 4.81. The van der Waals surface area contributed by atoms with Crippen molar-refractivity contribution in [2.24, 2.45) is 11.8 Å². The predicted octanol–water partition coefficient (Wildman–Crippen LogP) is 1.59. The summed E-state index contributed by atoms with van der Waals surface area (Å²) in [4.78, 5) is 15.0. The van der Waals surface area contributed by atoms with Gasteiger partial charge < -0.3 is 9.64 Å². The number of piperidine rings is 1. The molecular weight excluding hydrogens is 335 g/mol. The van der Waals surface area contributed by atoms with Crippen molar-refractivity contribution in [1.29, 1.82) is 0 Å². The average Bonchev–Trinajstić information content (AvgIpc) is 3.15. The summed E-state index contributed by atoms with van der Waals surface area (Å²) < 4.78 is 19.4. The molecule has 26 heavy (non-hydrogen) atoms. The lowest BCUT2D eigenvalue weighted by molar-refractivity contribution is -0.139. The fourth-order valence-corrected chi connectivity index (χ4v) is 4.38. The Balaban J connectivity index is 1.30. The van der Waals surface area contributed by atoms with Gasteiger partial charge in [0, 0.05) is 37.0 Å². The summed E-state index contributed by atoms with van der Waals surface area (Å²) in [5.41, 5.74) is 9.39. The number of fused-ring (bicyclic) bond motifs is 1. The molecule has 0 aromatic heterocycles. The van der Waals surface area contributed by atoms with Crippen LogP contribution in [-0.2, 0) is 4.79 Å². The van der Waals surface area contributed by atoms with Crippen molar-refractivity contribution >= 4 is 5.91 Å². The molecular formula is C19H27FN4O2. The van der Waals surface area contributed by atoms with Crippen LogP contribution in [0.4, 0.5) is 4.39 Å². The number of carbonyl (C=O) groups excluding carboxylic acids is 1. The normalized spacial score (nSPS) is 31.5. The number of likely N-dealkylation sites (tertiary alicyclic amines) is 1. The third kappa shape index (κ3) is 3.84. The Hall–Kier alpha value is -1.70. The van der Waals surface area contributed by atoms with Crippen LogP contribution in [-0.4, -0.2) is 42.6 Å². The van der Waals surface area contributed by atoms with E-state index in [9.17, 15) is 9.18 Å². The summed E-state index contributed by atoms with van der Waals surface area (Å²) in [6.45, 7) is 1.99. The predicted molar refractivity (Wildman–Crippen MR) is 95.5 cm³/mol. The molecule has 6 nitrogen and oxygen atoms in total. The maximum absolute atomic E-state index is 13.7. The Morgan fingerprint density at radius 2 is 2.04 bits per heavy atom. The first kappa shape index (κ1) is 17.7. The number of hydrogen-bond donors (Lipinski definition) is 3. The van der Waals surface area contributed by atoms with Gasteiger partial charge in [-0.1, -0.05) is 12.1 Å². The Bertz CT molecular complexity index is 644. The van der Waals surface area contributed by atoms with Crippen molar-refractivity contribution in [2.75, 3.05) is 19.7 Å². The van der Waals surface area contributed by atoms with E-state index in [0.29, 0.717) is 31.0 Å². The number of ether oxygens (including phenoxy) is 1. The zero-order chi connectivity index (χ0) is 17.9. The molecule has 4 atom stereocenters. The maximum Gasteiger partial charge on any atom is 0.225 e. The van der Waals surface area contributed by atoms with E-state index in [4.69, 9.17) is 4.74 Å². The van der Waals surface area contributed by atoms with E-state index in [-0.39, 0.29) is 23.6 Å². The quantitative estimate of drug-likeness (QED) is 0.759. The van der Waals surface area contributed by atoms with Gasteiger partial charge in [0.15, 0.2) is 11.6 Å². The van der Waals surface area contributed by atoms with E-state index < -0.39 is 0 Å². The van der Waals surface area contributed by atoms with Gasteiger partial charge in [0.05, 0.1) is 6.61 Å². The lowest BCUT2D eigenvalue weighted by atomic mass is 9.82. The number of nitrogens with one attached hydrogen (secondary N) is 3. The summed E-state index contributed by atoms with van der Waals surface area (Å²) in [5.74, 6) is 0.585. The van der Waals surface area contributed by atoms with Crippen molar-refractivity contribution in [3.63, 3.8) is 0 Å². The Morgan fingerprint density at radius 3 is 2.92 bits per heavy atom. The van der Waals surface area contributed by atoms with Crippen LogP contribution < -0.4 is 21.1 Å². The van der Waals surface area contributed by atoms with E-state index in [1.54, 1.807) is 18.2 Å². The summed E-state index contributed by atoms with van der Waals surface area (Å²) >= 11 is 0. The second-order valence-corrected chi connectivity index (χ2v) is 7.67. The minimum atomic E-state index is -0.334. The lowest BCUT2D eigenvalue weighted by Crippen LogP contribution is -2.48. The molecule has 2 aliphatic heterocycles. The lowest BCUT2D eigenvalue weighted by Gasteiger charge is -2.37. The van der Waals surface area contributed by atoms with E-state index >= 15 is 0 Å². The molecule has 4 unspecified atom stereocenters. The third-order valence-corrected chi connectivity index (χ3v) is 5.86. The van der Waals surface area contributed by atoms with Crippen molar-refractivity contribution in [3.8, 4) is 5.75 Å². The van der Waals surface area contributed by atoms with Crippen LogP contribution in [0.5, 0.6) is 5.75 Å². The SMILES string of the molecule is O=C(C1CCC2NNNC2C1)N1CCCC(COc2ccccc2F)C1. The van der Waals surface area contributed by atoms with Gasteiger partial charge in [0.25, 0.3) is 0 Å². The summed E-state index contributed by atoms with van der Waals surface area (Å²) in [6, 6.07) is 7.22. The molecule has 142 valence electrons. The minimum Gasteiger partial charge on any atom is -0.490 e. The summed E-state index contributed by atoms with van der Waals surface area (Å²) in [7, 11) is 0. The number of nitrogens with zero attached hydrogens (tertiary/aromatic N) is 1. The fourth-order valence-electron chi connectivity index (χ4n) is 4.38. The Morgan fingerprint density at radius 1 is 1.19 bits per heavy atom. The topological polar surface area (TPSA) is 65.6 Å². The molecule has 1 aromatic rings. The van der Waals surface area contributed by atoms with Crippen molar-refractivity contribution < 1.29 is 13.9 Å². The average molecular weight is 362 g/mol. The first-order valence-corrected chi connectivity index (χ1v) is 9.63. The maximum atomic E-state index is 13.7. The molecule has 3 aliphatic rings. The number of hydrogen-bond acceptors (Lipinski definition) is 5. The largest absolute Gasteiger partial charge is 0.490 e. The van der Waals surface area contributed by atoms with Gasteiger partial charge in [0.2, 0.25) is 5.91 Å². The molecule has 3 fully saturated rings. The number of halogens is 1. The molecule has 3 N–H and O–H groups in total. The van der Waals surface area contributed by atoms with Crippen molar-refractivity contribution in [3.05, 3.63) is 30.1 Å². The van der Waals surface area contributed by atoms with Gasteiger partial charge in [-0.3, -0.25) is 4.79 Å². The van der Waals surface area contributed by atoms with Gasteiger partial charge in [0.1, 0.15) is 0 Å². The van der Waals surface area contributed by atoms with Crippen LogP contribution in [0, 0.1) is 17.7 Å². The number of para-hydroxylation sites is 1. The first-order valence-electron chi connectivity index (χ1n) is 9.63. The van der Waals surface area contributed by atoms with Crippen LogP contribution in [0.25, 0.3) is 0 Å². The number of benzene rings is 1. The molecule has 4 rings (SSSR count). The molecule has 1 saturated carbocycles. The second kappa shape index (κ2) is 7.90. The molecule has 2 saturated heterocycles. The Kier molecular flexibility index (Phi) is 5.38. The third-order valence-electron chi connectivity index (χ3n) is 5.86. The van der Waals surface area contributed by atoms with Crippen LogP contribution >= 0.6 is 0 Å². The standard InChI is InChI=1S/C19H27FN4O2/c20-15-5-1-2-6-18(15)26-12-13-4-3-9-24(11-13)19(25)14-7-8-16-17(10-14)22-23-21-16/h1-2,5-6,13-14,16-17,21-23H,3-4,7-12H2. The second-order valence-electron chi connectivity index (χ2n) is 7.67. The van der Waals surface area contributed by atoms with Gasteiger partial charge in [-0.15, -0.1) is 0 Å². The van der Waals surface area contributed by atoms with Crippen molar-refractivity contribution in [2.45, 2.75) is 44.2 Å². The highest BCUT2D eigenvalue weighted by Crippen LogP contribution is 2.29. The smallest absolute Gasteiger partial charge is 0.225 e. The molecule has 7 heteroatoms. The number of hydrazine groups is 2. The highest BCUT2D eigenvalue weighted by molar-refractivity contribution is 5.79. The van der Waals surface area contributed by atoms with Crippen LogP contribution in [0.3, 0.4) is 0 Å². The molecule has 2 heterocycles. The zero-order valence-corrected chi connectivity index (χ0v) is 14.9. The van der Waals surface area contributed by atoms with Gasteiger partial charge in [-0.05, 0) is 44.2 Å². The van der Waals surface area contributed by atoms with Crippen LogP contribution in [0.15, 0.2) is 24.3 Å². The molecule has 0 bridgehead atoms. The molecule has 0 radical (unpaired) electrons. The highest BCUT2D eigenvalue weighted by Gasteiger charge is 2.38. The number of carbonyl (C=O) groups is 1. The number of rotatable bonds is 4. The number of amides is 1. The molecule has 1 aliphatic carbocycles. The van der Waals surface area contributed by atoms with Gasteiger partial charge in [-0.2, -0.15) is 5.53 Å². The monoisotopic (exact) mass is 362 g/mol. The first-order chi connectivity index (χ1) is 12.7. The Labute approximate surface area is 153 Å². The highest BCUT2D eigenvalue weighted by atomic mass is 19.1. The minimum absolute atomic E-state index is 0.0942. The molecule has 0 spiro atoms. The zero-order valence-electron chi connectivity index (χ0n) is 14.9. The van der Waals surface area contributed by atoms with Gasteiger partial charge >= 0.3 is 0 Å². The molecule has 1 amide bonds. The van der Waals surface area contributed by atoms with Crippen LogP contribution in [0.1, 0.15) is 32.1 Å². The fraction of sp³-hybridized carbons (Fsp3) is 0.632. The van der Waals surface area contributed by atoms with E-state index in [1.807, 2.05) is 4.90 Å². The van der Waals surface area contributed by atoms with E-state index in [0.717, 1.165) is 38.6 Å². The van der Waals surface area contributed by atoms with Crippen LogP contribution in [0.2, 0.25) is 0 Å². The van der Waals surface area contributed by atoms with Gasteiger partial charge in [-0.25, -0.2) is 15.2 Å². The van der Waals surface area contributed by atoms with E-state index in [2.05, 4.69) is 16.4 Å². The van der Waals surface area contributed by atoms with Crippen molar-refractivity contribution in [1.82, 2.24) is 21.3 Å². The van der Waals surface area contributed by atoms with E-state index in [1.165, 1.54) is 6.07 Å². The summed E-state index contributed by atoms with van der Waals surface area (Å²) in [5, 5.41) is 0.